The van der Waals surface area contributed by atoms with Crippen molar-refractivity contribution in [3.63, 3.8) is 0 Å². The Morgan fingerprint density at radius 2 is 2.28 bits per heavy atom. The largest absolute Gasteiger partial charge is 0.381 e. The van der Waals surface area contributed by atoms with Crippen LogP contribution in [0.1, 0.15) is 12.8 Å². The van der Waals surface area contributed by atoms with Crippen LogP contribution in [0.4, 0.5) is 5.82 Å². The van der Waals surface area contributed by atoms with Crippen molar-refractivity contribution in [2.24, 2.45) is 11.1 Å². The van der Waals surface area contributed by atoms with Gasteiger partial charge in [0.2, 0.25) is 5.91 Å². The molecule has 0 spiro atoms. The lowest BCUT2D eigenvalue weighted by atomic mass is 9.79. The Hall–Kier alpha value is -1.40. The normalized spacial score (nSPS) is 18.3. The molecule has 0 aromatic carbocycles. The molecule has 0 bridgehead atoms. The molecule has 2 heterocycles. The van der Waals surface area contributed by atoms with E-state index in [4.69, 9.17) is 22.1 Å². The summed E-state index contributed by atoms with van der Waals surface area (Å²) in [6.45, 7) is 1.49. The predicted octanol–water partition coefficient (Wildman–Crippen LogP) is 0.824. The lowest BCUT2D eigenvalue weighted by Crippen LogP contribution is -2.46. The van der Waals surface area contributed by atoms with Crippen molar-refractivity contribution in [3.05, 3.63) is 17.5 Å². The molecule has 1 aromatic rings. The number of halogens is 1. The molecule has 0 unspecified atom stereocenters. The van der Waals surface area contributed by atoms with Crippen molar-refractivity contribution < 1.29 is 9.53 Å². The minimum atomic E-state index is -0.591. The third kappa shape index (κ3) is 2.70. The van der Waals surface area contributed by atoms with Crippen LogP contribution < -0.4 is 11.1 Å². The number of amides is 1. The van der Waals surface area contributed by atoms with Gasteiger partial charge in [-0.2, -0.15) is 0 Å². The summed E-state index contributed by atoms with van der Waals surface area (Å²) in [5.41, 5.74) is 4.91. The first-order valence-electron chi connectivity index (χ1n) is 5.71. The molecule has 0 aliphatic carbocycles. The van der Waals surface area contributed by atoms with Crippen LogP contribution >= 0.6 is 11.6 Å². The lowest BCUT2D eigenvalue weighted by molar-refractivity contribution is -0.132. The second kappa shape index (κ2) is 5.49. The highest BCUT2D eigenvalue weighted by Gasteiger charge is 2.38. The highest BCUT2D eigenvalue weighted by Crippen LogP contribution is 2.31. The molecule has 1 saturated heterocycles. The number of rotatable bonds is 4. The zero-order chi connectivity index (χ0) is 13.0. The summed E-state index contributed by atoms with van der Waals surface area (Å²) in [5, 5.41) is 3.49. The second-order valence-corrected chi connectivity index (χ2v) is 4.74. The number of ether oxygens (including phenoxy) is 1. The summed E-state index contributed by atoms with van der Waals surface area (Å²) in [5.74, 6) is 0.197. The van der Waals surface area contributed by atoms with E-state index in [1.807, 2.05) is 0 Å². The summed E-state index contributed by atoms with van der Waals surface area (Å²) < 4.78 is 5.26. The van der Waals surface area contributed by atoms with Crippen LogP contribution in [-0.4, -0.2) is 35.6 Å². The molecular formula is C11H15ClN4O2. The van der Waals surface area contributed by atoms with Gasteiger partial charge in [0.15, 0.2) is 0 Å². The molecule has 0 saturated carbocycles. The van der Waals surface area contributed by atoms with Crippen LogP contribution in [0.25, 0.3) is 0 Å². The minimum Gasteiger partial charge on any atom is -0.381 e. The van der Waals surface area contributed by atoms with Crippen molar-refractivity contribution in [1.82, 2.24) is 9.97 Å². The van der Waals surface area contributed by atoms with Gasteiger partial charge in [-0.1, -0.05) is 11.6 Å². The van der Waals surface area contributed by atoms with Crippen molar-refractivity contribution in [1.29, 1.82) is 0 Å². The Labute approximate surface area is 110 Å². The Balaban J connectivity index is 2.06. The molecular weight excluding hydrogens is 256 g/mol. The number of hydrogen-bond acceptors (Lipinski definition) is 5. The number of anilines is 1. The Kier molecular flexibility index (Phi) is 3.98. The van der Waals surface area contributed by atoms with Gasteiger partial charge in [-0.3, -0.25) is 4.79 Å². The number of aromatic nitrogens is 2. The Bertz CT molecular complexity index is 435. The molecule has 1 fully saturated rings. The first kappa shape index (κ1) is 13.0. The molecule has 1 aliphatic heterocycles. The van der Waals surface area contributed by atoms with Gasteiger partial charge in [-0.05, 0) is 12.8 Å². The van der Waals surface area contributed by atoms with Crippen molar-refractivity contribution in [2.45, 2.75) is 12.8 Å². The number of primary amides is 1. The molecule has 1 aromatic heterocycles. The average molecular weight is 271 g/mol. The standard InChI is InChI=1S/C11H15ClN4O2/c12-8-5-14-7-16-9(8)15-6-11(10(13)17)1-3-18-4-2-11/h5,7H,1-4,6H2,(H2,13,17)(H,14,15,16). The smallest absolute Gasteiger partial charge is 0.225 e. The first-order chi connectivity index (χ1) is 8.64. The van der Waals surface area contributed by atoms with Crippen LogP contribution in [-0.2, 0) is 9.53 Å². The van der Waals surface area contributed by atoms with Gasteiger partial charge in [0, 0.05) is 19.8 Å². The second-order valence-electron chi connectivity index (χ2n) is 4.33. The molecule has 3 N–H and O–H groups in total. The van der Waals surface area contributed by atoms with E-state index in [1.54, 1.807) is 0 Å². The van der Waals surface area contributed by atoms with Crippen LogP contribution in [0.3, 0.4) is 0 Å². The van der Waals surface area contributed by atoms with E-state index in [1.165, 1.54) is 12.5 Å². The van der Waals surface area contributed by atoms with Crippen molar-refractivity contribution >= 4 is 23.3 Å². The van der Waals surface area contributed by atoms with Gasteiger partial charge < -0.3 is 15.8 Å². The van der Waals surface area contributed by atoms with Gasteiger partial charge in [-0.15, -0.1) is 0 Å². The molecule has 0 radical (unpaired) electrons. The van der Waals surface area contributed by atoms with Gasteiger partial charge in [-0.25, -0.2) is 9.97 Å². The first-order valence-corrected chi connectivity index (χ1v) is 6.09. The zero-order valence-electron chi connectivity index (χ0n) is 9.86. The summed E-state index contributed by atoms with van der Waals surface area (Å²) in [6.07, 6.45) is 4.11. The molecule has 2 rings (SSSR count). The quantitative estimate of drug-likeness (QED) is 0.845. The maximum absolute atomic E-state index is 11.6. The van der Waals surface area contributed by atoms with E-state index >= 15 is 0 Å². The fourth-order valence-corrected chi connectivity index (χ4v) is 2.14. The molecule has 6 nitrogen and oxygen atoms in total. The maximum atomic E-state index is 11.6. The molecule has 98 valence electrons. The summed E-state index contributed by atoms with van der Waals surface area (Å²) in [4.78, 5) is 19.5. The zero-order valence-corrected chi connectivity index (χ0v) is 10.6. The van der Waals surface area contributed by atoms with Crippen LogP contribution in [0.2, 0.25) is 5.02 Å². The Morgan fingerprint density at radius 3 is 2.89 bits per heavy atom. The highest BCUT2D eigenvalue weighted by molar-refractivity contribution is 6.32. The van der Waals surface area contributed by atoms with E-state index < -0.39 is 5.41 Å². The van der Waals surface area contributed by atoms with E-state index in [0.717, 1.165) is 0 Å². The number of nitrogens with one attached hydrogen (secondary N) is 1. The number of carbonyl (C=O) groups excluding carboxylic acids is 1. The number of nitrogens with zero attached hydrogens (tertiary/aromatic N) is 2. The molecule has 18 heavy (non-hydrogen) atoms. The summed E-state index contributed by atoms with van der Waals surface area (Å²) in [7, 11) is 0. The lowest BCUT2D eigenvalue weighted by Gasteiger charge is -2.34. The van der Waals surface area contributed by atoms with Crippen molar-refractivity contribution in [3.8, 4) is 0 Å². The number of hydrogen-bond donors (Lipinski definition) is 2. The molecule has 7 heteroatoms. The molecule has 1 amide bonds. The number of nitrogens with two attached hydrogens (primary N) is 1. The topological polar surface area (TPSA) is 90.1 Å². The fourth-order valence-electron chi connectivity index (χ4n) is 1.97. The number of carbonyl (C=O) groups is 1. The van der Waals surface area contributed by atoms with E-state index in [-0.39, 0.29) is 5.91 Å². The summed E-state index contributed by atoms with van der Waals surface area (Å²) in [6, 6.07) is 0. The van der Waals surface area contributed by atoms with Crippen molar-refractivity contribution in [2.75, 3.05) is 25.1 Å². The third-order valence-electron chi connectivity index (χ3n) is 3.23. The van der Waals surface area contributed by atoms with Gasteiger partial charge in [0.25, 0.3) is 0 Å². The van der Waals surface area contributed by atoms with Crippen LogP contribution in [0.15, 0.2) is 12.5 Å². The van der Waals surface area contributed by atoms with E-state index in [0.29, 0.717) is 43.4 Å². The van der Waals surface area contributed by atoms with Gasteiger partial charge in [0.05, 0.1) is 11.6 Å². The van der Waals surface area contributed by atoms with E-state index in [9.17, 15) is 4.79 Å². The van der Waals surface area contributed by atoms with Crippen LogP contribution in [0.5, 0.6) is 0 Å². The van der Waals surface area contributed by atoms with E-state index in [2.05, 4.69) is 15.3 Å². The average Bonchev–Trinajstić information content (AvgIpc) is 2.39. The Morgan fingerprint density at radius 1 is 1.56 bits per heavy atom. The fraction of sp³-hybridized carbons (Fsp3) is 0.545. The molecule has 0 atom stereocenters. The highest BCUT2D eigenvalue weighted by atomic mass is 35.5. The maximum Gasteiger partial charge on any atom is 0.225 e. The minimum absolute atomic E-state index is 0.316. The van der Waals surface area contributed by atoms with Crippen LogP contribution in [0, 0.1) is 5.41 Å². The molecule has 1 aliphatic rings. The monoisotopic (exact) mass is 270 g/mol. The third-order valence-corrected chi connectivity index (χ3v) is 3.51. The van der Waals surface area contributed by atoms with Gasteiger partial charge >= 0.3 is 0 Å². The van der Waals surface area contributed by atoms with Gasteiger partial charge in [0.1, 0.15) is 17.2 Å². The predicted molar refractivity (Wildman–Crippen MR) is 67.2 cm³/mol. The summed E-state index contributed by atoms with van der Waals surface area (Å²) >= 11 is 5.94. The SMILES string of the molecule is NC(=O)C1(CNc2ncncc2Cl)CCOCC1.